The summed E-state index contributed by atoms with van der Waals surface area (Å²) >= 11 is 0. The van der Waals surface area contributed by atoms with Gasteiger partial charge in [0, 0.05) is 26.3 Å². The maximum atomic E-state index is 10.8. The molecule has 0 aromatic carbocycles. The van der Waals surface area contributed by atoms with Gasteiger partial charge in [0.15, 0.2) is 0 Å². The Morgan fingerprint density at radius 2 is 2.00 bits per heavy atom. The van der Waals surface area contributed by atoms with Gasteiger partial charge in [-0.25, -0.2) is 0 Å². The minimum Gasteiger partial charge on any atom is -0.481 e. The number of rotatable bonds is 8. The van der Waals surface area contributed by atoms with E-state index in [-0.39, 0.29) is 17.4 Å². The molecule has 0 heterocycles. The zero-order chi connectivity index (χ0) is 12.8. The minimum atomic E-state index is -0.755. The molecule has 2 N–H and O–H groups in total. The Hall–Kier alpha value is -0.610. The number of hydrogen-bond acceptors (Lipinski definition) is 3. The summed E-state index contributed by atoms with van der Waals surface area (Å²) in [4.78, 5) is 10.8. The summed E-state index contributed by atoms with van der Waals surface area (Å²) in [5.74, 6) is -1.12. The zero-order valence-electron chi connectivity index (χ0n) is 11.0. The number of ether oxygens (including phenoxy) is 1. The minimum absolute atomic E-state index is 0.0145. The van der Waals surface area contributed by atoms with Gasteiger partial charge in [0.1, 0.15) is 0 Å². The maximum Gasteiger partial charge on any atom is 0.307 e. The van der Waals surface area contributed by atoms with E-state index >= 15 is 0 Å². The first-order valence-electron chi connectivity index (χ1n) is 5.75. The summed E-state index contributed by atoms with van der Waals surface area (Å²) in [5.41, 5.74) is 0.127. The maximum absolute atomic E-state index is 10.8. The fraction of sp³-hybridized carbons (Fsp3) is 0.917. The second kappa shape index (κ2) is 6.86. The first-order valence-corrected chi connectivity index (χ1v) is 5.75. The second-order valence-corrected chi connectivity index (χ2v) is 5.20. The summed E-state index contributed by atoms with van der Waals surface area (Å²) in [6, 6.07) is -0.0145. The summed E-state index contributed by atoms with van der Waals surface area (Å²) in [5, 5.41) is 12.1. The van der Waals surface area contributed by atoms with Crippen LogP contribution in [0.1, 0.15) is 34.1 Å². The van der Waals surface area contributed by atoms with Gasteiger partial charge < -0.3 is 15.2 Å². The summed E-state index contributed by atoms with van der Waals surface area (Å²) in [6.45, 7) is 9.47. The lowest BCUT2D eigenvalue weighted by Crippen LogP contribution is -2.41. The highest BCUT2D eigenvalue weighted by Crippen LogP contribution is 2.19. The van der Waals surface area contributed by atoms with Crippen LogP contribution in [-0.4, -0.2) is 37.4 Å². The molecular weight excluding hydrogens is 206 g/mol. The van der Waals surface area contributed by atoms with Crippen LogP contribution in [0.5, 0.6) is 0 Å². The molecule has 0 aromatic heterocycles. The van der Waals surface area contributed by atoms with Crippen molar-refractivity contribution in [1.29, 1.82) is 0 Å². The number of hydrogen-bond donors (Lipinski definition) is 2. The van der Waals surface area contributed by atoms with Crippen LogP contribution in [0.4, 0.5) is 0 Å². The molecule has 2 unspecified atom stereocenters. The Kier molecular flexibility index (Phi) is 6.60. The van der Waals surface area contributed by atoms with Crippen molar-refractivity contribution < 1.29 is 14.6 Å². The van der Waals surface area contributed by atoms with Gasteiger partial charge >= 0.3 is 5.97 Å². The average Bonchev–Trinajstić information content (AvgIpc) is 2.22. The first-order chi connectivity index (χ1) is 7.30. The van der Waals surface area contributed by atoms with Gasteiger partial charge in [-0.15, -0.1) is 0 Å². The quantitative estimate of drug-likeness (QED) is 0.668. The number of carbonyl (C=O) groups is 1. The van der Waals surface area contributed by atoms with Gasteiger partial charge in [0.2, 0.25) is 0 Å². The largest absolute Gasteiger partial charge is 0.481 e. The molecule has 0 aliphatic carbocycles. The molecule has 0 aliphatic heterocycles. The van der Waals surface area contributed by atoms with Gasteiger partial charge in [-0.05, 0) is 18.8 Å². The zero-order valence-corrected chi connectivity index (χ0v) is 11.0. The van der Waals surface area contributed by atoms with Crippen molar-refractivity contribution in [3.05, 3.63) is 0 Å². The molecule has 0 fully saturated rings. The van der Waals surface area contributed by atoms with Gasteiger partial charge in [0.25, 0.3) is 0 Å². The second-order valence-electron chi connectivity index (χ2n) is 5.20. The van der Waals surface area contributed by atoms with Crippen LogP contribution in [0.25, 0.3) is 0 Å². The predicted octanol–water partition coefficient (Wildman–Crippen LogP) is 1.75. The summed E-state index contributed by atoms with van der Waals surface area (Å²) in [6.07, 6.45) is 0.963. The highest BCUT2D eigenvalue weighted by molar-refractivity contribution is 5.70. The van der Waals surface area contributed by atoms with E-state index in [1.165, 1.54) is 0 Å². The third-order valence-corrected chi connectivity index (χ3v) is 3.03. The lowest BCUT2D eigenvalue weighted by atomic mass is 9.89. The molecule has 0 aromatic rings. The standard InChI is InChI=1S/C12H25NO3/c1-9(11(14)15)10(2)13-8-12(3,4)6-7-16-5/h9-10,13H,6-8H2,1-5H3,(H,14,15). The molecule has 0 aliphatic rings. The van der Waals surface area contributed by atoms with Crippen LogP contribution in [0.15, 0.2) is 0 Å². The molecule has 0 radical (unpaired) electrons. The van der Waals surface area contributed by atoms with E-state index in [1.807, 2.05) is 6.92 Å². The van der Waals surface area contributed by atoms with E-state index in [0.717, 1.165) is 19.6 Å². The third kappa shape index (κ3) is 6.08. The van der Waals surface area contributed by atoms with Crippen molar-refractivity contribution >= 4 is 5.97 Å². The fourth-order valence-electron chi connectivity index (χ4n) is 1.29. The van der Waals surface area contributed by atoms with Crippen LogP contribution >= 0.6 is 0 Å². The molecule has 96 valence electrons. The molecule has 0 amide bonds. The molecular formula is C12H25NO3. The van der Waals surface area contributed by atoms with E-state index in [4.69, 9.17) is 9.84 Å². The summed E-state index contributed by atoms with van der Waals surface area (Å²) in [7, 11) is 1.69. The van der Waals surface area contributed by atoms with Crippen molar-refractivity contribution in [2.24, 2.45) is 11.3 Å². The fourth-order valence-corrected chi connectivity index (χ4v) is 1.29. The highest BCUT2D eigenvalue weighted by atomic mass is 16.5. The van der Waals surface area contributed by atoms with Crippen LogP contribution in [0.2, 0.25) is 0 Å². The molecule has 0 bridgehead atoms. The summed E-state index contributed by atoms with van der Waals surface area (Å²) < 4.78 is 5.05. The van der Waals surface area contributed by atoms with Gasteiger partial charge in [-0.3, -0.25) is 4.79 Å². The molecule has 4 heteroatoms. The van der Waals surface area contributed by atoms with E-state index in [0.29, 0.717) is 0 Å². The Bertz CT molecular complexity index is 216. The molecule has 4 nitrogen and oxygen atoms in total. The van der Waals surface area contributed by atoms with Gasteiger partial charge in [-0.2, -0.15) is 0 Å². The number of nitrogens with one attached hydrogen (secondary N) is 1. The van der Waals surface area contributed by atoms with E-state index in [9.17, 15) is 4.79 Å². The third-order valence-electron chi connectivity index (χ3n) is 3.03. The molecule has 0 saturated heterocycles. The Morgan fingerprint density at radius 3 is 2.44 bits per heavy atom. The van der Waals surface area contributed by atoms with Crippen LogP contribution in [0, 0.1) is 11.3 Å². The topological polar surface area (TPSA) is 58.6 Å². The Balaban J connectivity index is 3.98. The molecule has 0 rings (SSSR count). The smallest absolute Gasteiger partial charge is 0.307 e. The molecule has 0 spiro atoms. The van der Waals surface area contributed by atoms with E-state index in [2.05, 4.69) is 19.2 Å². The number of carboxylic acid groups (broad SMARTS) is 1. The molecule has 0 saturated carbocycles. The van der Waals surface area contributed by atoms with Gasteiger partial charge in [0.05, 0.1) is 5.92 Å². The SMILES string of the molecule is COCCC(C)(C)CNC(C)C(C)C(=O)O. The van der Waals surface area contributed by atoms with Crippen molar-refractivity contribution in [2.45, 2.75) is 40.2 Å². The van der Waals surface area contributed by atoms with Crippen molar-refractivity contribution in [1.82, 2.24) is 5.32 Å². The number of methoxy groups -OCH3 is 1. The number of aliphatic carboxylic acids is 1. The van der Waals surface area contributed by atoms with E-state index in [1.54, 1.807) is 14.0 Å². The van der Waals surface area contributed by atoms with E-state index < -0.39 is 5.97 Å². The Labute approximate surface area is 98.4 Å². The number of carboxylic acids is 1. The highest BCUT2D eigenvalue weighted by Gasteiger charge is 2.23. The lowest BCUT2D eigenvalue weighted by molar-refractivity contribution is -0.142. The molecule has 16 heavy (non-hydrogen) atoms. The molecule has 2 atom stereocenters. The van der Waals surface area contributed by atoms with Crippen molar-refractivity contribution in [2.75, 3.05) is 20.3 Å². The predicted molar refractivity (Wildman–Crippen MR) is 64.5 cm³/mol. The van der Waals surface area contributed by atoms with Crippen LogP contribution in [0.3, 0.4) is 0 Å². The Morgan fingerprint density at radius 1 is 1.44 bits per heavy atom. The van der Waals surface area contributed by atoms with Crippen LogP contribution < -0.4 is 5.32 Å². The van der Waals surface area contributed by atoms with Crippen LogP contribution in [-0.2, 0) is 9.53 Å². The lowest BCUT2D eigenvalue weighted by Gasteiger charge is -2.28. The van der Waals surface area contributed by atoms with Gasteiger partial charge in [-0.1, -0.05) is 20.8 Å². The first kappa shape index (κ1) is 15.4. The average molecular weight is 231 g/mol. The normalized spacial score (nSPS) is 15.8. The van der Waals surface area contributed by atoms with Crippen molar-refractivity contribution in [3.8, 4) is 0 Å². The van der Waals surface area contributed by atoms with Crippen molar-refractivity contribution in [3.63, 3.8) is 0 Å². The monoisotopic (exact) mass is 231 g/mol.